The molecule has 0 bridgehead atoms. The number of tetrazole rings is 1. The molecule has 4 rings (SSSR count). The molecule has 9 nitrogen and oxygen atoms in total. The van der Waals surface area contributed by atoms with E-state index < -0.39 is 53.7 Å². The number of carboxylic acid groups (broad SMARTS) is 1. The van der Waals surface area contributed by atoms with Crippen LogP contribution >= 0.6 is 0 Å². The lowest BCUT2D eigenvalue weighted by Gasteiger charge is -2.26. The zero-order valence-corrected chi connectivity index (χ0v) is 25.6. The smallest absolute Gasteiger partial charge is 0.481 e. The fraction of sp³-hybridized carbons (Fsp3) is 0.533. The lowest BCUT2D eigenvalue weighted by molar-refractivity contribution is -0.274. The summed E-state index contributed by atoms with van der Waals surface area (Å²) in [5.41, 5.74) is -2.64. The molecule has 1 heterocycles. The molecule has 18 heteroatoms. The third-order valence-corrected chi connectivity index (χ3v) is 8.00. The number of ether oxygens (including phenoxy) is 1. The molecule has 264 valence electrons. The molecule has 3 aromatic rings. The van der Waals surface area contributed by atoms with Crippen molar-refractivity contribution in [2.75, 3.05) is 18.0 Å². The first kappa shape index (κ1) is 36.7. The second-order valence-electron chi connectivity index (χ2n) is 11.7. The van der Waals surface area contributed by atoms with Gasteiger partial charge in [-0.3, -0.25) is 4.79 Å². The molecule has 1 aliphatic carbocycles. The van der Waals surface area contributed by atoms with Crippen LogP contribution in [0.25, 0.3) is 0 Å². The summed E-state index contributed by atoms with van der Waals surface area (Å²) >= 11 is 0. The van der Waals surface area contributed by atoms with Crippen LogP contribution in [0.4, 0.5) is 45.5 Å². The lowest BCUT2D eigenvalue weighted by atomic mass is 9.82. The number of anilines is 1. The summed E-state index contributed by atoms with van der Waals surface area (Å²) in [5.74, 6) is -1.56. The van der Waals surface area contributed by atoms with E-state index in [2.05, 4.69) is 25.5 Å². The first-order valence-corrected chi connectivity index (χ1v) is 15.0. The van der Waals surface area contributed by atoms with E-state index in [1.165, 1.54) is 18.0 Å². The topological polar surface area (TPSA) is 105 Å². The van der Waals surface area contributed by atoms with Gasteiger partial charge < -0.3 is 20.1 Å². The van der Waals surface area contributed by atoms with E-state index in [9.17, 15) is 49.4 Å². The minimum atomic E-state index is -5.09. The zero-order chi connectivity index (χ0) is 35.3. The van der Waals surface area contributed by atoms with E-state index in [1.807, 2.05) is 0 Å². The number of aryl methyl sites for hydroxylation is 2. The maximum absolute atomic E-state index is 13.6. The number of hydrogen-bond acceptors (Lipinski definition) is 7. The molecule has 48 heavy (non-hydrogen) atoms. The molecule has 1 aliphatic rings. The SMILES string of the molecule is Cn1nnc(N(Cc2cc(C(F)(F)F)cc(C(F)(F)F)c2)Cc2cc(OC(F)(F)F)ccc2CCCNCC2CCC(C(=O)O)CC2)n1. The standard InChI is InChI=1S/C30H33F9N6O3/c1-44-42-27(41-43-44)45(16-19-11-23(28(31,32)33)14-24(12-19)29(34,35)36)17-22-13-25(48-30(37,38)39)9-8-20(22)3-2-10-40-15-18-4-6-21(7-5-18)26(46)47/h8-9,11-14,18,21,40H,2-7,10,15-17H2,1H3,(H,46,47). The number of alkyl halides is 9. The monoisotopic (exact) mass is 696 g/mol. The van der Waals surface area contributed by atoms with Gasteiger partial charge in [0.25, 0.3) is 5.95 Å². The van der Waals surface area contributed by atoms with Crippen molar-refractivity contribution in [2.45, 2.75) is 70.3 Å². The highest BCUT2D eigenvalue weighted by Crippen LogP contribution is 2.37. The molecule has 1 saturated carbocycles. The minimum absolute atomic E-state index is 0.000455. The zero-order valence-electron chi connectivity index (χ0n) is 25.6. The fourth-order valence-electron chi connectivity index (χ4n) is 5.65. The van der Waals surface area contributed by atoms with Gasteiger partial charge in [-0.05, 0) is 110 Å². The van der Waals surface area contributed by atoms with Gasteiger partial charge >= 0.3 is 24.7 Å². The largest absolute Gasteiger partial charge is 0.573 e. The van der Waals surface area contributed by atoms with Crippen LogP contribution in [0.5, 0.6) is 5.75 Å². The van der Waals surface area contributed by atoms with Gasteiger partial charge in [-0.15, -0.1) is 18.3 Å². The molecule has 2 N–H and O–H groups in total. The Morgan fingerprint density at radius 3 is 2.12 bits per heavy atom. The molecule has 0 saturated heterocycles. The Kier molecular flexibility index (Phi) is 11.5. The van der Waals surface area contributed by atoms with Gasteiger partial charge in [0.2, 0.25) is 0 Å². The number of aromatic nitrogens is 4. The molecule has 0 amide bonds. The second-order valence-corrected chi connectivity index (χ2v) is 11.7. The Hall–Kier alpha value is -4.09. The van der Waals surface area contributed by atoms with E-state index in [-0.39, 0.29) is 30.0 Å². The highest BCUT2D eigenvalue weighted by atomic mass is 19.4. The Labute approximate surface area is 269 Å². The van der Waals surface area contributed by atoms with Crippen LogP contribution in [0.2, 0.25) is 0 Å². The molecule has 0 aliphatic heterocycles. The van der Waals surface area contributed by atoms with Gasteiger partial charge in [-0.2, -0.15) is 31.1 Å². The van der Waals surface area contributed by atoms with Crippen molar-refractivity contribution in [3.8, 4) is 5.75 Å². The first-order valence-electron chi connectivity index (χ1n) is 15.0. The molecule has 1 aromatic heterocycles. The number of aliphatic carboxylic acids is 1. The molecule has 0 radical (unpaired) electrons. The van der Waals surface area contributed by atoms with Crippen molar-refractivity contribution in [3.05, 3.63) is 64.2 Å². The highest BCUT2D eigenvalue weighted by molar-refractivity contribution is 5.70. The Balaban J connectivity index is 1.55. The van der Waals surface area contributed by atoms with Crippen molar-refractivity contribution < 1.29 is 54.2 Å². The van der Waals surface area contributed by atoms with Crippen LogP contribution < -0.4 is 15.0 Å². The number of carboxylic acids is 1. The van der Waals surface area contributed by atoms with Crippen LogP contribution in [0, 0.1) is 11.8 Å². The summed E-state index contributed by atoms with van der Waals surface area (Å²) in [4.78, 5) is 13.4. The molecule has 1 fully saturated rings. The number of carbonyl (C=O) groups is 1. The maximum Gasteiger partial charge on any atom is 0.573 e. The average Bonchev–Trinajstić information content (AvgIpc) is 3.42. The van der Waals surface area contributed by atoms with Gasteiger partial charge in [-0.25, -0.2) is 0 Å². The van der Waals surface area contributed by atoms with E-state index in [1.54, 1.807) is 0 Å². The van der Waals surface area contributed by atoms with Crippen LogP contribution in [-0.2, 0) is 43.7 Å². The fourth-order valence-corrected chi connectivity index (χ4v) is 5.65. The normalized spacial score (nSPS) is 17.4. The number of hydrogen-bond donors (Lipinski definition) is 2. The summed E-state index contributed by atoms with van der Waals surface area (Å²) in [6.45, 7) is 0.307. The quantitative estimate of drug-likeness (QED) is 0.149. The first-order chi connectivity index (χ1) is 22.4. The number of halogens is 9. The summed E-state index contributed by atoms with van der Waals surface area (Å²) in [7, 11) is 1.38. The molecule has 0 spiro atoms. The lowest BCUT2D eigenvalue weighted by Crippen LogP contribution is -2.29. The van der Waals surface area contributed by atoms with Crippen molar-refractivity contribution in [1.29, 1.82) is 0 Å². The van der Waals surface area contributed by atoms with Crippen LogP contribution in [-0.4, -0.2) is 50.7 Å². The summed E-state index contributed by atoms with van der Waals surface area (Å²) in [6, 6.07) is 4.75. The highest BCUT2D eigenvalue weighted by Gasteiger charge is 2.37. The van der Waals surface area contributed by atoms with Gasteiger partial charge in [0.05, 0.1) is 24.1 Å². The molecule has 2 aromatic carbocycles. The van der Waals surface area contributed by atoms with Crippen LogP contribution in [0.15, 0.2) is 36.4 Å². The van der Waals surface area contributed by atoms with Gasteiger partial charge in [-0.1, -0.05) is 11.2 Å². The number of benzene rings is 2. The average molecular weight is 697 g/mol. The molecular weight excluding hydrogens is 663 g/mol. The van der Waals surface area contributed by atoms with Gasteiger partial charge in [0.1, 0.15) is 5.75 Å². The predicted octanol–water partition coefficient (Wildman–Crippen LogP) is 6.77. The molecule has 0 unspecified atom stereocenters. The van der Waals surface area contributed by atoms with Crippen molar-refractivity contribution in [2.24, 2.45) is 18.9 Å². The van der Waals surface area contributed by atoms with E-state index in [0.29, 0.717) is 62.4 Å². The number of nitrogens with one attached hydrogen (secondary N) is 1. The number of rotatable bonds is 13. The Morgan fingerprint density at radius 2 is 1.58 bits per heavy atom. The van der Waals surface area contributed by atoms with Crippen LogP contribution in [0.1, 0.15) is 59.9 Å². The third kappa shape index (κ3) is 10.7. The summed E-state index contributed by atoms with van der Waals surface area (Å²) < 4.78 is 125. The van der Waals surface area contributed by atoms with Crippen molar-refractivity contribution in [1.82, 2.24) is 25.5 Å². The Morgan fingerprint density at radius 1 is 0.938 bits per heavy atom. The van der Waals surface area contributed by atoms with Crippen molar-refractivity contribution >= 4 is 11.9 Å². The van der Waals surface area contributed by atoms with Gasteiger partial charge in [0, 0.05) is 13.1 Å². The Bertz CT molecular complexity index is 1500. The molecular formula is C30H33F9N6O3. The number of nitrogens with zero attached hydrogens (tertiary/aromatic N) is 5. The van der Waals surface area contributed by atoms with E-state index >= 15 is 0 Å². The summed E-state index contributed by atoms with van der Waals surface area (Å²) in [5, 5.41) is 24.0. The maximum atomic E-state index is 13.6. The molecule has 0 atom stereocenters. The summed E-state index contributed by atoms with van der Waals surface area (Å²) in [6.07, 6.45) is -11.6. The minimum Gasteiger partial charge on any atom is -0.481 e. The van der Waals surface area contributed by atoms with E-state index in [0.717, 1.165) is 29.8 Å². The second kappa shape index (κ2) is 15.0. The van der Waals surface area contributed by atoms with Crippen LogP contribution in [0.3, 0.4) is 0 Å². The third-order valence-electron chi connectivity index (χ3n) is 8.00. The predicted molar refractivity (Wildman–Crippen MR) is 153 cm³/mol. The van der Waals surface area contributed by atoms with E-state index in [4.69, 9.17) is 0 Å². The van der Waals surface area contributed by atoms with Gasteiger partial charge in [0.15, 0.2) is 0 Å². The van der Waals surface area contributed by atoms with Crippen molar-refractivity contribution in [3.63, 3.8) is 0 Å².